The molecular weight excluding hydrogens is 174 g/mol. The summed E-state index contributed by atoms with van der Waals surface area (Å²) < 4.78 is 0. The first kappa shape index (κ1) is 11.0. The molecule has 0 fully saturated rings. The fourth-order valence-electron chi connectivity index (χ4n) is 1.48. The van der Waals surface area contributed by atoms with Crippen LogP contribution in [-0.2, 0) is 0 Å². The van der Waals surface area contributed by atoms with Gasteiger partial charge < -0.3 is 4.98 Å². The molecule has 1 aromatic rings. The minimum atomic E-state index is 0.813. The van der Waals surface area contributed by atoms with Crippen molar-refractivity contribution in [3.05, 3.63) is 12.5 Å². The number of rotatable bonds is 6. The van der Waals surface area contributed by atoms with Crippen molar-refractivity contribution < 1.29 is 0 Å². The van der Waals surface area contributed by atoms with Gasteiger partial charge in [-0.1, -0.05) is 26.7 Å². The summed E-state index contributed by atoms with van der Waals surface area (Å²) in [5, 5.41) is 0. The Morgan fingerprint density at radius 1 is 1.57 bits per heavy atom. The molecule has 0 spiro atoms. The number of aromatic nitrogens is 2. The fourth-order valence-corrected chi connectivity index (χ4v) is 1.48. The first-order valence-electron chi connectivity index (χ1n) is 5.33. The summed E-state index contributed by atoms with van der Waals surface area (Å²) in [6, 6.07) is 0. The summed E-state index contributed by atoms with van der Waals surface area (Å²) in [6.45, 7) is 4.53. The molecule has 0 aliphatic rings. The second kappa shape index (κ2) is 6.35. The molecule has 0 radical (unpaired) electrons. The smallest absolute Gasteiger partial charge is 0.149 e. The van der Waals surface area contributed by atoms with Gasteiger partial charge in [-0.2, -0.15) is 0 Å². The summed E-state index contributed by atoms with van der Waals surface area (Å²) in [4.78, 5) is 11.1. The van der Waals surface area contributed by atoms with Crippen LogP contribution < -0.4 is 0 Å². The van der Waals surface area contributed by atoms with Crippen molar-refractivity contribution in [3.8, 4) is 0 Å². The van der Waals surface area contributed by atoms with Crippen LogP contribution >= 0.6 is 0 Å². The number of nitrogens with one attached hydrogen (secondary N) is 1. The molecule has 1 rings (SSSR count). The highest BCUT2D eigenvalue weighted by Crippen LogP contribution is 2.11. The van der Waals surface area contributed by atoms with Gasteiger partial charge in [-0.15, -0.1) is 0 Å². The summed E-state index contributed by atoms with van der Waals surface area (Å²) in [5.74, 6) is 1.65. The van der Waals surface area contributed by atoms with Crippen LogP contribution in [0.1, 0.15) is 39.5 Å². The lowest BCUT2D eigenvalue weighted by Gasteiger charge is -2.06. The number of imidazole rings is 1. The van der Waals surface area contributed by atoms with Gasteiger partial charge in [0.15, 0.2) is 0 Å². The Labute approximate surface area is 85.7 Å². The molecule has 1 atom stereocenters. The molecule has 3 heteroatoms. The molecule has 0 amide bonds. The van der Waals surface area contributed by atoms with E-state index < -0.39 is 0 Å². The lowest BCUT2D eigenvalue weighted by Crippen LogP contribution is -1.93. The predicted molar refractivity (Wildman–Crippen MR) is 60.0 cm³/mol. The Bertz CT molecular complexity index is 252. The number of aliphatic imine (C=N–C) groups is 1. The van der Waals surface area contributed by atoms with Crippen LogP contribution in [0.5, 0.6) is 0 Å². The zero-order valence-corrected chi connectivity index (χ0v) is 9.03. The highest BCUT2D eigenvalue weighted by atomic mass is 15.0. The summed E-state index contributed by atoms with van der Waals surface area (Å²) in [7, 11) is 0. The van der Waals surface area contributed by atoms with E-state index >= 15 is 0 Å². The lowest BCUT2D eigenvalue weighted by molar-refractivity contribution is 0.497. The van der Waals surface area contributed by atoms with E-state index in [1.54, 1.807) is 12.5 Å². The van der Waals surface area contributed by atoms with Crippen molar-refractivity contribution in [2.24, 2.45) is 10.9 Å². The maximum absolute atomic E-state index is 4.26. The van der Waals surface area contributed by atoms with Gasteiger partial charge in [0, 0.05) is 6.21 Å². The van der Waals surface area contributed by atoms with Crippen molar-refractivity contribution in [2.45, 2.75) is 39.5 Å². The predicted octanol–water partition coefficient (Wildman–Crippen LogP) is 3.33. The molecule has 1 heterocycles. The Morgan fingerprint density at radius 3 is 3.07 bits per heavy atom. The third-order valence-corrected chi connectivity index (χ3v) is 2.28. The number of nitrogens with zero attached hydrogens (tertiary/aromatic N) is 2. The molecular formula is C11H19N3. The molecule has 0 aliphatic heterocycles. The molecule has 1 N–H and O–H groups in total. The van der Waals surface area contributed by atoms with Crippen molar-refractivity contribution in [1.82, 2.24) is 9.97 Å². The van der Waals surface area contributed by atoms with Gasteiger partial charge in [0.1, 0.15) is 5.82 Å². The van der Waals surface area contributed by atoms with Gasteiger partial charge in [0.25, 0.3) is 0 Å². The average Bonchev–Trinajstić information content (AvgIpc) is 2.65. The zero-order valence-electron chi connectivity index (χ0n) is 9.03. The highest BCUT2D eigenvalue weighted by Gasteiger charge is 1.98. The Morgan fingerprint density at radius 2 is 2.43 bits per heavy atom. The normalized spacial score (nSPS) is 13.6. The van der Waals surface area contributed by atoms with Gasteiger partial charge in [-0.05, 0) is 18.8 Å². The summed E-state index contributed by atoms with van der Waals surface area (Å²) in [6.07, 6.45) is 10.2. The third-order valence-electron chi connectivity index (χ3n) is 2.28. The Hall–Kier alpha value is -1.12. The first-order valence-corrected chi connectivity index (χ1v) is 5.33. The van der Waals surface area contributed by atoms with E-state index in [4.69, 9.17) is 0 Å². The van der Waals surface area contributed by atoms with Gasteiger partial charge >= 0.3 is 0 Å². The largest absolute Gasteiger partial charge is 0.330 e. The Balaban J connectivity index is 2.15. The van der Waals surface area contributed by atoms with E-state index in [2.05, 4.69) is 28.8 Å². The van der Waals surface area contributed by atoms with E-state index in [1.807, 2.05) is 6.21 Å². The van der Waals surface area contributed by atoms with Crippen molar-refractivity contribution >= 4 is 12.0 Å². The summed E-state index contributed by atoms with van der Waals surface area (Å²) >= 11 is 0. The molecule has 0 aromatic carbocycles. The minimum absolute atomic E-state index is 0.813. The van der Waals surface area contributed by atoms with Gasteiger partial charge in [0.2, 0.25) is 0 Å². The van der Waals surface area contributed by atoms with Crippen LogP contribution in [0, 0.1) is 5.92 Å². The SMILES string of the molecule is CCCC(C)CCC=Nc1cnc[nH]1. The van der Waals surface area contributed by atoms with E-state index in [-0.39, 0.29) is 0 Å². The van der Waals surface area contributed by atoms with Crippen LogP contribution in [0.4, 0.5) is 5.82 Å². The molecule has 1 aromatic heterocycles. The monoisotopic (exact) mass is 193 g/mol. The van der Waals surface area contributed by atoms with E-state index in [0.717, 1.165) is 18.2 Å². The molecule has 0 bridgehead atoms. The van der Waals surface area contributed by atoms with Gasteiger partial charge in [0.05, 0.1) is 12.5 Å². The van der Waals surface area contributed by atoms with E-state index in [9.17, 15) is 0 Å². The average molecular weight is 193 g/mol. The summed E-state index contributed by atoms with van der Waals surface area (Å²) in [5.41, 5.74) is 0. The maximum atomic E-state index is 4.26. The van der Waals surface area contributed by atoms with E-state index in [1.165, 1.54) is 19.3 Å². The van der Waals surface area contributed by atoms with Gasteiger partial charge in [-0.25, -0.2) is 9.98 Å². The van der Waals surface area contributed by atoms with Crippen molar-refractivity contribution in [3.63, 3.8) is 0 Å². The minimum Gasteiger partial charge on any atom is -0.330 e. The standard InChI is InChI=1S/C11H19N3/c1-3-5-10(2)6-4-7-13-11-8-12-9-14-11/h7-10H,3-6H2,1-2H3,(H,12,14). The van der Waals surface area contributed by atoms with Crippen LogP contribution in [0.3, 0.4) is 0 Å². The number of hydrogen-bond donors (Lipinski definition) is 1. The zero-order chi connectivity index (χ0) is 10.2. The number of aromatic amines is 1. The molecule has 0 saturated heterocycles. The molecule has 78 valence electrons. The second-order valence-corrected chi connectivity index (χ2v) is 3.72. The lowest BCUT2D eigenvalue weighted by atomic mass is 10.0. The van der Waals surface area contributed by atoms with E-state index in [0.29, 0.717) is 0 Å². The van der Waals surface area contributed by atoms with Crippen molar-refractivity contribution in [2.75, 3.05) is 0 Å². The quantitative estimate of drug-likeness (QED) is 0.692. The molecule has 1 unspecified atom stereocenters. The topological polar surface area (TPSA) is 41.0 Å². The fraction of sp³-hybridized carbons (Fsp3) is 0.636. The molecule has 0 saturated carbocycles. The van der Waals surface area contributed by atoms with Crippen LogP contribution in [0.2, 0.25) is 0 Å². The van der Waals surface area contributed by atoms with Crippen LogP contribution in [0.15, 0.2) is 17.5 Å². The Kier molecular flexibility index (Phi) is 4.97. The maximum Gasteiger partial charge on any atom is 0.149 e. The van der Waals surface area contributed by atoms with Crippen molar-refractivity contribution in [1.29, 1.82) is 0 Å². The third kappa shape index (κ3) is 4.21. The number of H-pyrrole nitrogens is 1. The molecule has 0 aliphatic carbocycles. The molecule has 3 nitrogen and oxygen atoms in total. The number of hydrogen-bond acceptors (Lipinski definition) is 2. The van der Waals surface area contributed by atoms with Gasteiger partial charge in [-0.3, -0.25) is 0 Å². The first-order chi connectivity index (χ1) is 6.83. The highest BCUT2D eigenvalue weighted by molar-refractivity contribution is 5.61. The van der Waals surface area contributed by atoms with Crippen LogP contribution in [0.25, 0.3) is 0 Å². The second-order valence-electron chi connectivity index (χ2n) is 3.72. The molecule has 14 heavy (non-hydrogen) atoms. The van der Waals surface area contributed by atoms with Crippen LogP contribution in [-0.4, -0.2) is 16.2 Å².